The van der Waals surface area contributed by atoms with Crippen LogP contribution in [0, 0.1) is 112 Å². The van der Waals surface area contributed by atoms with Crippen molar-refractivity contribution in [1.29, 1.82) is 0 Å². The van der Waals surface area contributed by atoms with Gasteiger partial charge in [-0.15, -0.1) is 0 Å². The van der Waals surface area contributed by atoms with Gasteiger partial charge in [-0.3, -0.25) is 9.59 Å². The molecule has 1 aliphatic heterocycles. The van der Waals surface area contributed by atoms with Crippen molar-refractivity contribution >= 4 is 16.8 Å². The number of phenolic OH excluding ortho intramolecular Hbond substituents is 4. The van der Waals surface area contributed by atoms with Crippen LogP contribution in [0.1, 0.15) is 252 Å². The van der Waals surface area contributed by atoms with Crippen LogP contribution in [0.25, 0.3) is 22.3 Å². The van der Waals surface area contributed by atoms with Crippen LogP contribution in [0.15, 0.2) is 39.5 Å². The van der Waals surface area contributed by atoms with Gasteiger partial charge in [0.15, 0.2) is 17.3 Å². The molecule has 1 saturated heterocycles. The standard InChI is InChI=1S/C30H52O.C30H50O.C21H20O12/c2*1-20-21(31)9-10-22-27(20,5)12-11-23-28(22,6)16-18-30(8)24-19-25(2,3)13-14-26(24,4)15-17-29(23,30)7;22-6-13-15(27)17(29)18(30)21(32-13)33-20-16(28)14-11(26)4-8(23)5-12(14)31-19(20)7-1-2-9(24)10(25)3-7/h20-24,31H,9-19H2,1-8H3;20,22-24H,9-19H2,1-8H3;1-5,13,15,17-18,21-27,29-30H,6H2/t20-,21?,22+,23-,24+,26+,27+,28-,29+,30-;20-,22+,23-,24+,26+,27+,28-,29+,30-;13-,15-,17+,18-,21+/m001/s1. The van der Waals surface area contributed by atoms with Crippen LogP contribution in [0.5, 0.6) is 28.7 Å². The SMILES string of the molecule is C[C@H]1C(=O)CC[C@@H]2[C@]1(C)CC[C@H]1[C@@]2(C)CC[C@@]2(C)[C@@H]3CC(C)(C)CC[C@]3(C)CC[C@]12C.C[C@H]1C(O)CC[C@@H]2[C@]1(C)CC[C@H]1[C@@]2(C)CC[C@@]2(C)[C@@H]3CC(C)(C)CC[C@]3(C)CC[C@]12C.O=c1c(O[C@@H]2O[C@H](CO)[C@@H](O)[C@H](O)[C@H]2O)c(-c2ccc(O)c(O)c2)oc2cc(O)cc(O)c12. The normalized spacial score (nSPS) is 47.7. The predicted molar refractivity (Wildman–Crippen MR) is 369 cm³/mol. The maximum atomic E-state index is 13.2. The van der Waals surface area contributed by atoms with Crippen molar-refractivity contribution in [2.45, 2.75) is 289 Å². The Labute approximate surface area is 567 Å². The Morgan fingerprint density at radius 2 is 1.00 bits per heavy atom. The molecule has 1 aromatic heterocycles. The van der Waals surface area contributed by atoms with Gasteiger partial charge in [0.25, 0.3) is 0 Å². The molecular formula is C81H122O14. The highest BCUT2D eigenvalue weighted by molar-refractivity contribution is 5.88. The number of aliphatic hydroxyl groups excluding tert-OH is 5. The summed E-state index contributed by atoms with van der Waals surface area (Å²) in [5.74, 6) is 3.24. The molecule has 14 rings (SSSR count). The number of rotatable bonds is 4. The van der Waals surface area contributed by atoms with Gasteiger partial charge in [-0.05, 0) is 259 Å². The first-order valence-electron chi connectivity index (χ1n) is 37.3. The maximum absolute atomic E-state index is 13.2. The number of carbonyl (C=O) groups is 1. The highest BCUT2D eigenvalue weighted by Crippen LogP contribution is 2.81. The molecule has 10 aliphatic carbocycles. The van der Waals surface area contributed by atoms with E-state index in [0.29, 0.717) is 71.3 Å². The molecule has 530 valence electrons. The van der Waals surface area contributed by atoms with Gasteiger partial charge >= 0.3 is 0 Å². The highest BCUT2D eigenvalue weighted by atomic mass is 16.7. The van der Waals surface area contributed by atoms with E-state index in [-0.39, 0.29) is 39.7 Å². The molecule has 0 amide bonds. The van der Waals surface area contributed by atoms with E-state index in [0.717, 1.165) is 79.0 Å². The van der Waals surface area contributed by atoms with Crippen molar-refractivity contribution < 1.29 is 64.6 Å². The fourth-order valence-corrected chi connectivity index (χ4v) is 26.1. The molecule has 9 N–H and O–H groups in total. The van der Waals surface area contributed by atoms with Gasteiger partial charge in [0, 0.05) is 30.0 Å². The van der Waals surface area contributed by atoms with Crippen molar-refractivity contribution in [3.05, 3.63) is 40.6 Å². The molecule has 10 saturated carbocycles. The molecule has 0 bridgehead atoms. The van der Waals surface area contributed by atoms with Crippen LogP contribution in [0.2, 0.25) is 0 Å². The number of carbonyl (C=O) groups excluding carboxylic acids is 1. The molecule has 11 aliphatic rings. The van der Waals surface area contributed by atoms with Crippen molar-refractivity contribution in [3.8, 4) is 40.1 Å². The fourth-order valence-electron chi connectivity index (χ4n) is 26.1. The molecule has 0 radical (unpaired) electrons. The first-order chi connectivity index (χ1) is 44.1. The number of hydrogen-bond donors (Lipinski definition) is 9. The van der Waals surface area contributed by atoms with Crippen LogP contribution in [-0.4, -0.2) is 95.2 Å². The zero-order chi connectivity index (χ0) is 69.4. The Morgan fingerprint density at radius 3 is 1.54 bits per heavy atom. The second-order valence-electron chi connectivity index (χ2n) is 38.2. The van der Waals surface area contributed by atoms with E-state index in [9.17, 15) is 55.5 Å². The Kier molecular flexibility index (Phi) is 17.6. The summed E-state index contributed by atoms with van der Waals surface area (Å²) >= 11 is 0. The Bertz CT molecular complexity index is 3480. The monoisotopic (exact) mass is 1320 g/mol. The summed E-state index contributed by atoms with van der Waals surface area (Å²) in [4.78, 5) is 26.0. The smallest absolute Gasteiger partial charge is 0.239 e. The van der Waals surface area contributed by atoms with Crippen LogP contribution in [0.3, 0.4) is 0 Å². The van der Waals surface area contributed by atoms with Gasteiger partial charge in [-0.2, -0.15) is 0 Å². The Balaban J connectivity index is 0.000000137. The van der Waals surface area contributed by atoms with E-state index in [1.807, 2.05) is 0 Å². The molecule has 14 nitrogen and oxygen atoms in total. The van der Waals surface area contributed by atoms with Gasteiger partial charge in [0.2, 0.25) is 17.5 Å². The summed E-state index contributed by atoms with van der Waals surface area (Å²) in [7, 11) is 0. The summed E-state index contributed by atoms with van der Waals surface area (Å²) < 4.78 is 16.5. The number of ether oxygens (including phenoxy) is 2. The van der Waals surface area contributed by atoms with Gasteiger partial charge in [0.05, 0.1) is 12.7 Å². The molecular weight excluding hydrogens is 1200 g/mol. The number of aromatic hydroxyl groups is 4. The first kappa shape index (κ1) is 70.9. The molecule has 11 fully saturated rings. The van der Waals surface area contributed by atoms with Crippen molar-refractivity contribution in [2.24, 2.45) is 112 Å². The lowest BCUT2D eigenvalue weighted by Gasteiger charge is -2.75. The minimum atomic E-state index is -1.85. The van der Waals surface area contributed by atoms with Crippen molar-refractivity contribution in [1.82, 2.24) is 0 Å². The van der Waals surface area contributed by atoms with Crippen LogP contribution < -0.4 is 10.2 Å². The summed E-state index contributed by atoms with van der Waals surface area (Å²) in [5.41, 5.74) is 4.36. The summed E-state index contributed by atoms with van der Waals surface area (Å²) in [6.45, 7) is 40.9. The third-order valence-electron chi connectivity index (χ3n) is 32.9. The number of fused-ring (bicyclic) bond motifs is 15. The molecule has 3 aromatic rings. The van der Waals surface area contributed by atoms with Gasteiger partial charge in [-0.1, -0.05) is 111 Å². The van der Waals surface area contributed by atoms with Gasteiger partial charge in [0.1, 0.15) is 52.7 Å². The number of hydrogen-bond acceptors (Lipinski definition) is 14. The second kappa shape index (κ2) is 23.6. The van der Waals surface area contributed by atoms with Crippen LogP contribution >= 0.6 is 0 Å². The first-order valence-corrected chi connectivity index (χ1v) is 37.3. The molecule has 24 atom stereocenters. The average Bonchev–Trinajstić information content (AvgIpc) is 0.680. The van der Waals surface area contributed by atoms with Crippen LogP contribution in [-0.2, 0) is 9.53 Å². The molecule has 2 heterocycles. The minimum Gasteiger partial charge on any atom is -0.508 e. The number of Topliss-reactive ketones (excluding diaryl/α,β-unsaturated/α-hetero) is 1. The zero-order valence-electron chi connectivity index (χ0n) is 60.8. The largest absolute Gasteiger partial charge is 0.508 e. The lowest BCUT2D eigenvalue weighted by molar-refractivity contribution is -0.277. The Morgan fingerprint density at radius 1 is 0.495 bits per heavy atom. The van der Waals surface area contributed by atoms with E-state index >= 15 is 0 Å². The highest BCUT2D eigenvalue weighted by Gasteiger charge is 2.73. The molecule has 14 heteroatoms. The number of benzene rings is 2. The van der Waals surface area contributed by atoms with E-state index in [1.165, 1.54) is 128 Å². The number of aliphatic hydroxyl groups is 5. The molecule has 95 heavy (non-hydrogen) atoms. The summed E-state index contributed by atoms with van der Waals surface area (Å²) in [6, 6.07) is 5.36. The Hall–Kier alpha value is -3.92. The number of phenols is 4. The van der Waals surface area contributed by atoms with Crippen molar-refractivity contribution in [3.63, 3.8) is 0 Å². The molecule has 0 spiro atoms. The lowest BCUT2D eigenvalue weighted by atomic mass is 9.30. The fraction of sp³-hybridized carbons (Fsp3) is 0.802. The number of ketones is 1. The van der Waals surface area contributed by atoms with E-state index < -0.39 is 71.5 Å². The van der Waals surface area contributed by atoms with E-state index in [2.05, 4.69) is 111 Å². The quantitative estimate of drug-likeness (QED) is 0.110. The van der Waals surface area contributed by atoms with Crippen molar-refractivity contribution in [2.75, 3.05) is 6.61 Å². The third kappa shape index (κ3) is 10.7. The zero-order valence-corrected chi connectivity index (χ0v) is 60.8. The molecule has 2 aromatic carbocycles. The van der Waals surface area contributed by atoms with E-state index in [4.69, 9.17) is 13.9 Å². The summed E-state index contributed by atoms with van der Waals surface area (Å²) in [6.07, 6.45) is 21.3. The van der Waals surface area contributed by atoms with E-state index in [1.54, 1.807) is 0 Å². The average molecular weight is 1320 g/mol. The predicted octanol–water partition coefficient (Wildman–Crippen LogP) is 16.2. The maximum Gasteiger partial charge on any atom is 0.239 e. The van der Waals surface area contributed by atoms with Crippen LogP contribution in [0.4, 0.5) is 0 Å². The topological polar surface area (TPSA) is 248 Å². The minimum absolute atomic E-state index is 0.0201. The third-order valence-corrected chi connectivity index (χ3v) is 32.9. The van der Waals surface area contributed by atoms with Gasteiger partial charge < -0.3 is 59.8 Å². The lowest BCUT2D eigenvalue weighted by Crippen LogP contribution is -2.67. The summed E-state index contributed by atoms with van der Waals surface area (Å²) in [5, 5.41) is 89.4. The second-order valence-corrected chi connectivity index (χ2v) is 38.2. The molecule has 1 unspecified atom stereocenters. The van der Waals surface area contributed by atoms with Gasteiger partial charge in [-0.25, -0.2) is 0 Å².